The van der Waals surface area contributed by atoms with Crippen LogP contribution in [0.15, 0.2) is 58.4 Å². The third-order valence-electron chi connectivity index (χ3n) is 4.31. The number of hydrogen-bond acceptors (Lipinski definition) is 7. The average molecular weight is 438 g/mol. The van der Waals surface area contributed by atoms with Gasteiger partial charge in [0.2, 0.25) is 0 Å². The number of benzene rings is 2. The number of ether oxygens (including phenoxy) is 3. The van der Waals surface area contributed by atoms with Crippen LogP contribution in [0, 0.1) is 11.3 Å². The summed E-state index contributed by atoms with van der Waals surface area (Å²) in [6, 6.07) is 16.8. The Kier molecular flexibility index (Phi) is 8.10. The molecule has 1 aliphatic rings. The van der Waals surface area contributed by atoms with Gasteiger partial charge in [-0.05, 0) is 54.6 Å². The van der Waals surface area contributed by atoms with E-state index in [1.54, 1.807) is 23.1 Å². The molecule has 2 aromatic carbocycles. The molecule has 0 spiro atoms. The molecule has 3 rings (SSSR count). The van der Waals surface area contributed by atoms with Crippen LogP contribution in [0.3, 0.4) is 0 Å². The van der Waals surface area contributed by atoms with Crippen molar-refractivity contribution in [3.05, 3.63) is 59.0 Å². The third-order valence-corrected chi connectivity index (χ3v) is 5.32. The number of carbonyl (C=O) groups excluding carboxylic acids is 1. The number of para-hydroxylation sites is 1. The van der Waals surface area contributed by atoms with E-state index in [2.05, 4.69) is 4.99 Å². The summed E-state index contributed by atoms with van der Waals surface area (Å²) in [4.78, 5) is 19.9. The van der Waals surface area contributed by atoms with Crippen LogP contribution in [0.4, 0.5) is 5.69 Å². The smallest absolute Gasteiger partial charge is 0.266 e. The Morgan fingerprint density at radius 1 is 1.19 bits per heavy atom. The number of hydrogen-bond donors (Lipinski definition) is 0. The Bertz CT molecular complexity index is 1020. The molecule has 1 saturated heterocycles. The van der Waals surface area contributed by atoms with Crippen LogP contribution in [0.25, 0.3) is 6.08 Å². The molecule has 0 radical (unpaired) electrons. The summed E-state index contributed by atoms with van der Waals surface area (Å²) in [5.41, 5.74) is 1.56. The van der Waals surface area contributed by atoms with Crippen molar-refractivity contribution in [2.75, 3.05) is 33.5 Å². The van der Waals surface area contributed by atoms with E-state index in [0.29, 0.717) is 41.3 Å². The Labute approximate surface area is 185 Å². The van der Waals surface area contributed by atoms with Crippen LogP contribution in [-0.2, 0) is 9.53 Å². The number of aliphatic imine (C=N–C) groups is 1. The van der Waals surface area contributed by atoms with Crippen molar-refractivity contribution in [2.24, 2.45) is 4.99 Å². The number of amides is 1. The first kappa shape index (κ1) is 22.4. The van der Waals surface area contributed by atoms with Crippen LogP contribution < -0.4 is 9.47 Å². The Morgan fingerprint density at radius 3 is 2.71 bits per heavy atom. The molecule has 1 fully saturated rings. The molecule has 0 unspecified atom stereocenters. The second-order valence-electron chi connectivity index (χ2n) is 6.35. The first-order valence-corrected chi connectivity index (χ1v) is 10.6. The number of methoxy groups -OCH3 is 1. The van der Waals surface area contributed by atoms with Crippen molar-refractivity contribution in [3.63, 3.8) is 0 Å². The van der Waals surface area contributed by atoms with Gasteiger partial charge in [0.1, 0.15) is 6.07 Å². The van der Waals surface area contributed by atoms with Crippen molar-refractivity contribution in [3.8, 4) is 17.6 Å². The maximum absolute atomic E-state index is 13.1. The van der Waals surface area contributed by atoms with Gasteiger partial charge in [-0.15, -0.1) is 0 Å². The van der Waals surface area contributed by atoms with E-state index in [1.807, 2.05) is 49.4 Å². The molecular formula is C23H23N3O4S. The molecule has 2 aromatic rings. The predicted octanol–water partition coefficient (Wildman–Crippen LogP) is 4.24. The summed E-state index contributed by atoms with van der Waals surface area (Å²) in [5.74, 6) is 0.843. The highest BCUT2D eigenvalue weighted by molar-refractivity contribution is 8.18. The molecule has 0 aromatic heterocycles. The Hall–Kier alpha value is -3.28. The maximum Gasteiger partial charge on any atom is 0.266 e. The molecule has 1 amide bonds. The molecular weight excluding hydrogens is 414 g/mol. The highest BCUT2D eigenvalue weighted by Gasteiger charge is 2.33. The van der Waals surface area contributed by atoms with E-state index in [0.717, 1.165) is 11.3 Å². The van der Waals surface area contributed by atoms with Crippen molar-refractivity contribution in [2.45, 2.75) is 6.92 Å². The van der Waals surface area contributed by atoms with Gasteiger partial charge in [0.15, 0.2) is 23.3 Å². The SMILES string of the molecule is CCOCCN1C(=O)C(=Cc2ccc(OCC#N)c(OC)c2)SC1=Nc1ccccc1. The average Bonchev–Trinajstić information content (AvgIpc) is 3.07. The minimum absolute atomic E-state index is 0.0702. The normalized spacial score (nSPS) is 16.0. The second-order valence-corrected chi connectivity index (χ2v) is 7.36. The number of thioether (sulfide) groups is 1. The van der Waals surface area contributed by atoms with Gasteiger partial charge < -0.3 is 14.2 Å². The fraction of sp³-hybridized carbons (Fsp3) is 0.261. The zero-order chi connectivity index (χ0) is 22.1. The van der Waals surface area contributed by atoms with E-state index >= 15 is 0 Å². The van der Waals surface area contributed by atoms with Gasteiger partial charge in [-0.2, -0.15) is 5.26 Å². The monoisotopic (exact) mass is 437 g/mol. The molecule has 0 atom stereocenters. The van der Waals surface area contributed by atoms with Gasteiger partial charge in [0, 0.05) is 6.61 Å². The predicted molar refractivity (Wildman–Crippen MR) is 121 cm³/mol. The fourth-order valence-corrected chi connectivity index (χ4v) is 3.88. The van der Waals surface area contributed by atoms with Crippen molar-refractivity contribution < 1.29 is 19.0 Å². The van der Waals surface area contributed by atoms with Crippen molar-refractivity contribution in [1.29, 1.82) is 5.26 Å². The zero-order valence-corrected chi connectivity index (χ0v) is 18.2. The lowest BCUT2D eigenvalue weighted by Gasteiger charge is -2.15. The molecule has 0 N–H and O–H groups in total. The Morgan fingerprint density at radius 2 is 2.00 bits per heavy atom. The van der Waals surface area contributed by atoms with Crippen LogP contribution >= 0.6 is 11.8 Å². The number of rotatable bonds is 9. The third kappa shape index (κ3) is 5.87. The molecule has 0 bridgehead atoms. The van der Waals surface area contributed by atoms with Gasteiger partial charge >= 0.3 is 0 Å². The van der Waals surface area contributed by atoms with Crippen LogP contribution in [0.5, 0.6) is 11.5 Å². The van der Waals surface area contributed by atoms with Crippen LogP contribution in [-0.4, -0.2) is 49.4 Å². The van der Waals surface area contributed by atoms with Gasteiger partial charge in [0.25, 0.3) is 5.91 Å². The number of nitriles is 1. The summed E-state index contributed by atoms with van der Waals surface area (Å²) >= 11 is 1.32. The van der Waals surface area contributed by atoms with E-state index in [4.69, 9.17) is 19.5 Å². The zero-order valence-electron chi connectivity index (χ0n) is 17.4. The van der Waals surface area contributed by atoms with Crippen molar-refractivity contribution >= 4 is 34.6 Å². The summed E-state index contributed by atoms with van der Waals surface area (Å²) < 4.78 is 16.2. The van der Waals surface area contributed by atoms with E-state index in [1.165, 1.54) is 18.9 Å². The lowest BCUT2D eigenvalue weighted by molar-refractivity contribution is -0.122. The van der Waals surface area contributed by atoms with Crippen molar-refractivity contribution in [1.82, 2.24) is 4.90 Å². The topological polar surface area (TPSA) is 84.1 Å². The Balaban J connectivity index is 1.88. The van der Waals surface area contributed by atoms with E-state index in [-0.39, 0.29) is 12.5 Å². The van der Waals surface area contributed by atoms with Gasteiger partial charge in [0.05, 0.1) is 30.9 Å². The molecule has 31 heavy (non-hydrogen) atoms. The second kappa shape index (κ2) is 11.2. The number of nitrogens with zero attached hydrogens (tertiary/aromatic N) is 3. The lowest BCUT2D eigenvalue weighted by Crippen LogP contribution is -2.32. The summed E-state index contributed by atoms with van der Waals surface area (Å²) in [6.07, 6.45) is 1.80. The molecule has 160 valence electrons. The van der Waals surface area contributed by atoms with Gasteiger partial charge in [-0.25, -0.2) is 4.99 Å². The maximum atomic E-state index is 13.1. The van der Waals surface area contributed by atoms with Crippen LogP contribution in [0.1, 0.15) is 12.5 Å². The summed E-state index contributed by atoms with van der Waals surface area (Å²) in [7, 11) is 1.53. The molecule has 7 nitrogen and oxygen atoms in total. The molecule has 0 saturated carbocycles. The minimum atomic E-state index is -0.122. The van der Waals surface area contributed by atoms with Crippen LogP contribution in [0.2, 0.25) is 0 Å². The lowest BCUT2D eigenvalue weighted by atomic mass is 10.2. The van der Waals surface area contributed by atoms with Gasteiger partial charge in [-0.1, -0.05) is 24.3 Å². The summed E-state index contributed by atoms with van der Waals surface area (Å²) in [5, 5.41) is 9.32. The fourth-order valence-electron chi connectivity index (χ4n) is 2.86. The number of amidine groups is 1. The molecule has 8 heteroatoms. The van der Waals surface area contributed by atoms with E-state index in [9.17, 15) is 4.79 Å². The highest BCUT2D eigenvalue weighted by atomic mass is 32.2. The minimum Gasteiger partial charge on any atom is -0.493 e. The number of carbonyl (C=O) groups is 1. The molecule has 1 aliphatic heterocycles. The summed E-state index contributed by atoms with van der Waals surface area (Å²) in [6.45, 7) is 3.29. The van der Waals surface area contributed by atoms with Gasteiger partial charge in [-0.3, -0.25) is 9.69 Å². The molecule has 0 aliphatic carbocycles. The first-order valence-electron chi connectivity index (χ1n) is 9.77. The first-order chi connectivity index (χ1) is 15.2. The van der Waals surface area contributed by atoms with E-state index < -0.39 is 0 Å². The molecule has 1 heterocycles. The largest absolute Gasteiger partial charge is 0.493 e. The highest BCUT2D eigenvalue weighted by Crippen LogP contribution is 2.35. The standard InChI is InChI=1S/C23H23N3O4S/c1-3-29-14-12-26-22(27)21(31-23(26)25-18-7-5-4-6-8-18)16-17-9-10-19(30-13-11-24)20(15-17)28-2/h4-10,15-16H,3,12-14H2,1-2H3. The quantitative estimate of drug-likeness (QED) is 0.431.